The van der Waals surface area contributed by atoms with E-state index in [1.807, 2.05) is 6.92 Å². The molecule has 0 unspecified atom stereocenters. The number of nitrogens with one attached hydrogen (secondary N) is 1. The van der Waals surface area contributed by atoms with E-state index in [4.69, 9.17) is 4.74 Å². The molecule has 0 atom stereocenters. The van der Waals surface area contributed by atoms with E-state index in [2.05, 4.69) is 10.3 Å². The van der Waals surface area contributed by atoms with Crippen LogP contribution in [0, 0.1) is 0 Å². The normalized spacial score (nSPS) is 10.0. The average molecular weight is 321 g/mol. The monoisotopic (exact) mass is 321 g/mol. The Morgan fingerprint density at radius 3 is 2.61 bits per heavy atom. The highest BCUT2D eigenvalue weighted by molar-refractivity contribution is 5.96. The molecule has 0 radical (unpaired) electrons. The Bertz CT molecular complexity index is 560. The fourth-order valence-electron chi connectivity index (χ4n) is 2.04. The Labute approximate surface area is 136 Å². The van der Waals surface area contributed by atoms with Crippen LogP contribution in [0.1, 0.15) is 44.0 Å². The number of carbonyl (C=O) groups excluding carboxylic acids is 3. The van der Waals surface area contributed by atoms with E-state index in [0.717, 1.165) is 6.42 Å². The van der Waals surface area contributed by atoms with E-state index >= 15 is 0 Å². The number of pyridine rings is 1. The highest BCUT2D eigenvalue weighted by Gasteiger charge is 2.17. The van der Waals surface area contributed by atoms with Crippen molar-refractivity contribution in [1.82, 2.24) is 9.88 Å². The van der Waals surface area contributed by atoms with Crippen LogP contribution >= 0.6 is 0 Å². The van der Waals surface area contributed by atoms with Gasteiger partial charge < -0.3 is 15.0 Å². The van der Waals surface area contributed by atoms with Crippen molar-refractivity contribution in [2.24, 2.45) is 0 Å². The molecule has 0 aliphatic carbocycles. The number of carbonyl (C=O) groups is 3. The molecular weight excluding hydrogens is 298 g/mol. The summed E-state index contributed by atoms with van der Waals surface area (Å²) in [6, 6.07) is 3.11. The van der Waals surface area contributed by atoms with Crippen molar-refractivity contribution >= 4 is 23.6 Å². The van der Waals surface area contributed by atoms with Crippen LogP contribution in [0.4, 0.5) is 5.82 Å². The van der Waals surface area contributed by atoms with Crippen LogP contribution in [0.15, 0.2) is 18.3 Å². The smallest absolute Gasteiger partial charge is 0.307 e. The van der Waals surface area contributed by atoms with E-state index in [-0.39, 0.29) is 24.2 Å². The molecule has 0 bridgehead atoms. The third-order valence-corrected chi connectivity index (χ3v) is 2.98. The lowest BCUT2D eigenvalue weighted by atomic mass is 10.2. The largest absolute Gasteiger partial charge is 0.466 e. The Hall–Kier alpha value is -2.44. The number of esters is 1. The first-order valence-electron chi connectivity index (χ1n) is 7.66. The molecule has 1 heterocycles. The minimum absolute atomic E-state index is 0.156. The molecule has 1 aromatic heterocycles. The maximum Gasteiger partial charge on any atom is 0.307 e. The lowest BCUT2D eigenvalue weighted by Crippen LogP contribution is -2.34. The molecule has 23 heavy (non-hydrogen) atoms. The number of aromatic nitrogens is 1. The molecule has 0 saturated carbocycles. The zero-order valence-electron chi connectivity index (χ0n) is 13.8. The highest BCUT2D eigenvalue weighted by Crippen LogP contribution is 2.11. The van der Waals surface area contributed by atoms with Gasteiger partial charge in [0.2, 0.25) is 5.91 Å². The first-order chi connectivity index (χ1) is 11.0. The summed E-state index contributed by atoms with van der Waals surface area (Å²) in [5, 5.41) is 2.54. The number of rotatable bonds is 8. The van der Waals surface area contributed by atoms with Crippen LogP contribution in [-0.2, 0) is 14.3 Å². The minimum atomic E-state index is -0.324. The number of ether oxygens (including phenoxy) is 1. The molecule has 126 valence electrons. The Balaban J connectivity index is 2.80. The summed E-state index contributed by atoms with van der Waals surface area (Å²) in [7, 11) is 0. The second kappa shape index (κ2) is 9.55. The standard InChI is InChI=1S/C16H23N3O4/c1-4-9-19(10-7-15(21)23-5-2)16(22)13-6-8-17-14(11-13)18-12(3)20/h6,8,11H,4-5,7,9-10H2,1-3H3,(H,17,18,20). The summed E-state index contributed by atoms with van der Waals surface area (Å²) in [6.07, 6.45) is 2.40. The summed E-state index contributed by atoms with van der Waals surface area (Å²) < 4.78 is 4.88. The molecule has 0 saturated heterocycles. The van der Waals surface area contributed by atoms with Crippen molar-refractivity contribution < 1.29 is 19.1 Å². The van der Waals surface area contributed by atoms with E-state index in [0.29, 0.717) is 31.1 Å². The SMILES string of the molecule is CCCN(CCC(=O)OCC)C(=O)c1ccnc(NC(C)=O)c1. The van der Waals surface area contributed by atoms with Gasteiger partial charge in [-0.2, -0.15) is 0 Å². The quantitative estimate of drug-likeness (QED) is 0.738. The van der Waals surface area contributed by atoms with Gasteiger partial charge >= 0.3 is 5.97 Å². The fourth-order valence-corrected chi connectivity index (χ4v) is 2.04. The Morgan fingerprint density at radius 2 is 2.00 bits per heavy atom. The van der Waals surface area contributed by atoms with Gasteiger partial charge in [-0.25, -0.2) is 4.98 Å². The van der Waals surface area contributed by atoms with Crippen molar-refractivity contribution in [2.45, 2.75) is 33.6 Å². The molecule has 0 fully saturated rings. The molecule has 0 aliphatic rings. The zero-order valence-corrected chi connectivity index (χ0v) is 13.8. The molecule has 0 spiro atoms. The molecule has 2 amide bonds. The van der Waals surface area contributed by atoms with Gasteiger partial charge in [-0.15, -0.1) is 0 Å². The van der Waals surface area contributed by atoms with Crippen LogP contribution < -0.4 is 5.32 Å². The number of hydrogen-bond donors (Lipinski definition) is 1. The second-order valence-corrected chi connectivity index (χ2v) is 4.96. The zero-order chi connectivity index (χ0) is 17.2. The summed E-state index contributed by atoms with van der Waals surface area (Å²) in [5.41, 5.74) is 0.418. The second-order valence-electron chi connectivity index (χ2n) is 4.96. The number of anilines is 1. The number of nitrogens with zero attached hydrogens (tertiary/aromatic N) is 2. The van der Waals surface area contributed by atoms with Crippen LogP contribution in [0.5, 0.6) is 0 Å². The van der Waals surface area contributed by atoms with E-state index < -0.39 is 0 Å². The first-order valence-corrected chi connectivity index (χ1v) is 7.66. The van der Waals surface area contributed by atoms with Crippen molar-refractivity contribution in [2.75, 3.05) is 25.0 Å². The molecule has 1 N–H and O–H groups in total. The summed E-state index contributed by atoms with van der Waals surface area (Å²) in [4.78, 5) is 40.7. The summed E-state index contributed by atoms with van der Waals surface area (Å²) in [5.74, 6) is -0.458. The van der Waals surface area contributed by atoms with E-state index in [1.165, 1.54) is 19.2 Å². The summed E-state index contributed by atoms with van der Waals surface area (Å²) in [6.45, 7) is 6.23. The molecule has 0 aromatic carbocycles. The molecule has 1 aromatic rings. The van der Waals surface area contributed by atoms with Gasteiger partial charge in [-0.1, -0.05) is 6.92 Å². The van der Waals surface area contributed by atoms with Gasteiger partial charge in [-0.3, -0.25) is 14.4 Å². The molecule has 1 rings (SSSR count). The van der Waals surface area contributed by atoms with Gasteiger partial charge in [0.05, 0.1) is 13.0 Å². The first kappa shape index (κ1) is 18.6. The predicted octanol–water partition coefficient (Wildman–Crippen LogP) is 1.85. The molecule has 0 aliphatic heterocycles. The lowest BCUT2D eigenvalue weighted by molar-refractivity contribution is -0.143. The van der Waals surface area contributed by atoms with Crippen molar-refractivity contribution in [3.05, 3.63) is 23.9 Å². The molecule has 7 heteroatoms. The maximum atomic E-state index is 12.6. The third kappa shape index (κ3) is 6.46. The third-order valence-electron chi connectivity index (χ3n) is 2.98. The Morgan fingerprint density at radius 1 is 1.26 bits per heavy atom. The number of amides is 2. The van der Waals surface area contributed by atoms with E-state index in [9.17, 15) is 14.4 Å². The predicted molar refractivity (Wildman–Crippen MR) is 86.0 cm³/mol. The topological polar surface area (TPSA) is 88.6 Å². The van der Waals surface area contributed by atoms with Crippen molar-refractivity contribution in [1.29, 1.82) is 0 Å². The van der Waals surface area contributed by atoms with Gasteiger partial charge in [-0.05, 0) is 25.5 Å². The van der Waals surface area contributed by atoms with Gasteiger partial charge in [0.1, 0.15) is 5.82 Å². The number of hydrogen-bond acceptors (Lipinski definition) is 5. The van der Waals surface area contributed by atoms with Gasteiger partial charge in [0.15, 0.2) is 0 Å². The maximum absolute atomic E-state index is 12.6. The fraction of sp³-hybridized carbons (Fsp3) is 0.500. The van der Waals surface area contributed by atoms with E-state index in [1.54, 1.807) is 17.9 Å². The van der Waals surface area contributed by atoms with Crippen molar-refractivity contribution in [3.8, 4) is 0 Å². The van der Waals surface area contributed by atoms with Gasteiger partial charge in [0.25, 0.3) is 5.91 Å². The van der Waals surface area contributed by atoms with Gasteiger partial charge in [0, 0.05) is 31.8 Å². The summed E-state index contributed by atoms with van der Waals surface area (Å²) >= 11 is 0. The minimum Gasteiger partial charge on any atom is -0.466 e. The van der Waals surface area contributed by atoms with Crippen LogP contribution in [0.25, 0.3) is 0 Å². The van der Waals surface area contributed by atoms with Crippen LogP contribution in [0.3, 0.4) is 0 Å². The van der Waals surface area contributed by atoms with Crippen LogP contribution in [0.2, 0.25) is 0 Å². The Kier molecular flexibility index (Phi) is 7.73. The van der Waals surface area contributed by atoms with Crippen LogP contribution in [-0.4, -0.2) is 47.4 Å². The van der Waals surface area contributed by atoms with Crippen molar-refractivity contribution in [3.63, 3.8) is 0 Å². The highest BCUT2D eigenvalue weighted by atomic mass is 16.5. The lowest BCUT2D eigenvalue weighted by Gasteiger charge is -2.22. The molecular formula is C16H23N3O4. The average Bonchev–Trinajstić information content (AvgIpc) is 2.50. The molecule has 7 nitrogen and oxygen atoms in total.